The molecule has 2 N–H and O–H groups in total. The molecule has 13 heteroatoms. The van der Waals surface area contributed by atoms with E-state index < -0.39 is 20.0 Å². The molecule has 7 nitrogen and oxygen atoms in total. The molecule has 0 bridgehead atoms. The molecule has 0 radical (unpaired) electrons. The van der Waals surface area contributed by atoms with Gasteiger partial charge in [0.1, 0.15) is 21.3 Å². The molecule has 4 aromatic carbocycles. The van der Waals surface area contributed by atoms with Crippen LogP contribution >= 0.6 is 46.4 Å². The molecule has 4 aromatic rings. The average Bonchev–Trinajstić information content (AvgIpc) is 2.84. The van der Waals surface area contributed by atoms with Gasteiger partial charge in [-0.05, 0) is 84.9 Å². The minimum absolute atomic E-state index is 0.0401. The molecule has 192 valence electrons. The van der Waals surface area contributed by atoms with Crippen molar-refractivity contribution in [1.82, 2.24) is 0 Å². The van der Waals surface area contributed by atoms with Crippen LogP contribution in [0.5, 0.6) is 11.5 Å². The van der Waals surface area contributed by atoms with Crippen molar-refractivity contribution < 1.29 is 21.6 Å². The van der Waals surface area contributed by atoms with E-state index in [0.29, 0.717) is 11.5 Å². The lowest BCUT2D eigenvalue weighted by Gasteiger charge is -2.12. The third-order valence-electron chi connectivity index (χ3n) is 4.81. The Balaban J connectivity index is 1.42. The third kappa shape index (κ3) is 6.81. The van der Waals surface area contributed by atoms with E-state index in [1.54, 1.807) is 24.3 Å². The number of hydrogen-bond acceptors (Lipinski definition) is 5. The number of sulfonamides is 2. The molecule has 0 aliphatic heterocycles. The monoisotopic (exact) mass is 616 g/mol. The Hall–Kier alpha value is -2.66. The van der Waals surface area contributed by atoms with Gasteiger partial charge in [0, 0.05) is 21.4 Å². The van der Waals surface area contributed by atoms with Crippen LogP contribution in [0.1, 0.15) is 0 Å². The molecule has 0 unspecified atom stereocenters. The summed E-state index contributed by atoms with van der Waals surface area (Å²) in [6.45, 7) is 0. The van der Waals surface area contributed by atoms with Gasteiger partial charge in [0.2, 0.25) is 0 Å². The lowest BCUT2D eigenvalue weighted by Crippen LogP contribution is -2.13. The maximum atomic E-state index is 12.7. The first-order valence-corrected chi connectivity index (χ1v) is 14.7. The number of nitrogens with one attached hydrogen (secondary N) is 2. The second-order valence-corrected chi connectivity index (χ2v) is 12.5. The standard InChI is InChI=1S/C24H16Cl4N2O5S2/c25-15-1-11-21(27)23(13-15)36(31,32)29-17-3-7-19(8-4-17)35-20-9-5-18(6-10-20)30-37(33,34)24-14-16(26)2-12-22(24)28/h1-14,29-30H. The van der Waals surface area contributed by atoms with Gasteiger partial charge in [0.25, 0.3) is 20.0 Å². The fourth-order valence-corrected chi connectivity index (χ4v) is 6.75. The van der Waals surface area contributed by atoms with E-state index in [0.717, 1.165) is 0 Å². The summed E-state index contributed by atoms with van der Waals surface area (Å²) in [6.07, 6.45) is 0. The van der Waals surface area contributed by atoms with E-state index in [-0.39, 0.29) is 41.3 Å². The normalized spacial score (nSPS) is 11.7. The Morgan fingerprint density at radius 3 is 1.22 bits per heavy atom. The van der Waals surface area contributed by atoms with Crippen molar-refractivity contribution in [2.24, 2.45) is 0 Å². The van der Waals surface area contributed by atoms with Crippen LogP contribution in [0.15, 0.2) is 94.7 Å². The zero-order valence-corrected chi connectivity index (χ0v) is 23.1. The predicted molar refractivity (Wildman–Crippen MR) is 147 cm³/mol. The number of halogens is 4. The van der Waals surface area contributed by atoms with Crippen molar-refractivity contribution in [3.05, 3.63) is 105 Å². The summed E-state index contributed by atoms with van der Waals surface area (Å²) in [6, 6.07) is 20.6. The van der Waals surface area contributed by atoms with Gasteiger partial charge in [-0.3, -0.25) is 9.44 Å². The summed E-state index contributed by atoms with van der Waals surface area (Å²) in [5.74, 6) is 0.838. The zero-order valence-electron chi connectivity index (χ0n) is 18.5. The van der Waals surface area contributed by atoms with E-state index >= 15 is 0 Å². The van der Waals surface area contributed by atoms with Gasteiger partial charge < -0.3 is 4.74 Å². The van der Waals surface area contributed by atoms with Crippen LogP contribution in [0.2, 0.25) is 20.1 Å². The summed E-state index contributed by atoms with van der Waals surface area (Å²) < 4.78 is 61.3. The van der Waals surface area contributed by atoms with Gasteiger partial charge >= 0.3 is 0 Å². The SMILES string of the molecule is O=S(=O)(Nc1ccc(Oc2ccc(NS(=O)(=O)c3cc(Cl)ccc3Cl)cc2)cc1)c1cc(Cl)ccc1Cl. The number of ether oxygens (including phenoxy) is 1. The van der Waals surface area contributed by atoms with Crippen LogP contribution in [0.4, 0.5) is 11.4 Å². The predicted octanol–water partition coefficient (Wildman–Crippen LogP) is 7.69. The number of anilines is 2. The van der Waals surface area contributed by atoms with E-state index in [9.17, 15) is 16.8 Å². The van der Waals surface area contributed by atoms with Crippen LogP contribution < -0.4 is 14.2 Å². The number of hydrogen-bond donors (Lipinski definition) is 2. The molecular formula is C24H16Cl4N2O5S2. The van der Waals surface area contributed by atoms with Crippen LogP contribution in [0.25, 0.3) is 0 Å². The van der Waals surface area contributed by atoms with E-state index in [1.165, 1.54) is 60.7 Å². The molecule has 0 atom stereocenters. The Morgan fingerprint density at radius 2 is 0.865 bits per heavy atom. The number of rotatable bonds is 8. The molecule has 0 aliphatic rings. The molecule has 37 heavy (non-hydrogen) atoms. The van der Waals surface area contributed by atoms with E-state index in [2.05, 4.69) is 9.44 Å². The van der Waals surface area contributed by atoms with Crippen molar-refractivity contribution >= 4 is 77.8 Å². The summed E-state index contributed by atoms with van der Waals surface area (Å²) in [4.78, 5) is -0.286. The molecule has 4 rings (SSSR count). The molecule has 0 fully saturated rings. The summed E-state index contributed by atoms with van der Waals surface area (Å²) in [7, 11) is -7.92. The van der Waals surface area contributed by atoms with E-state index in [1.807, 2.05) is 0 Å². The second kappa shape index (κ2) is 11.0. The highest BCUT2D eigenvalue weighted by Gasteiger charge is 2.20. The fraction of sp³-hybridized carbons (Fsp3) is 0. The summed E-state index contributed by atoms with van der Waals surface area (Å²) in [5, 5.41) is 0.553. The molecule has 0 heterocycles. The fourth-order valence-electron chi connectivity index (χ4n) is 3.10. The van der Waals surface area contributed by atoms with Crippen molar-refractivity contribution in [2.75, 3.05) is 9.44 Å². The average molecular weight is 618 g/mol. The largest absolute Gasteiger partial charge is 0.457 e. The molecular weight excluding hydrogens is 602 g/mol. The molecule has 0 saturated heterocycles. The number of benzene rings is 4. The smallest absolute Gasteiger partial charge is 0.263 e. The Bertz CT molecular complexity index is 1540. The van der Waals surface area contributed by atoms with Crippen molar-refractivity contribution in [3.8, 4) is 11.5 Å². The van der Waals surface area contributed by atoms with Crippen LogP contribution in [0, 0.1) is 0 Å². The molecule has 0 spiro atoms. The summed E-state index contributed by atoms with van der Waals surface area (Å²) in [5.41, 5.74) is 0.570. The minimum atomic E-state index is -3.96. The zero-order chi connectivity index (χ0) is 26.8. The van der Waals surface area contributed by atoms with Gasteiger partial charge in [-0.1, -0.05) is 46.4 Å². The second-order valence-electron chi connectivity index (χ2n) is 7.51. The Labute approximate surface area is 234 Å². The topological polar surface area (TPSA) is 102 Å². The highest BCUT2D eigenvalue weighted by atomic mass is 35.5. The van der Waals surface area contributed by atoms with Crippen molar-refractivity contribution in [3.63, 3.8) is 0 Å². The molecule has 0 saturated carbocycles. The van der Waals surface area contributed by atoms with Gasteiger partial charge in [0.15, 0.2) is 0 Å². The Kier molecular flexibility index (Phi) is 8.13. The van der Waals surface area contributed by atoms with E-state index in [4.69, 9.17) is 51.1 Å². The molecule has 0 aromatic heterocycles. The summed E-state index contributed by atoms with van der Waals surface area (Å²) >= 11 is 23.8. The van der Waals surface area contributed by atoms with Gasteiger partial charge in [-0.25, -0.2) is 16.8 Å². The first-order chi connectivity index (χ1) is 17.4. The Morgan fingerprint density at radius 1 is 0.514 bits per heavy atom. The van der Waals surface area contributed by atoms with Crippen molar-refractivity contribution in [2.45, 2.75) is 9.79 Å². The third-order valence-corrected chi connectivity index (χ3v) is 9.01. The van der Waals surface area contributed by atoms with Crippen molar-refractivity contribution in [1.29, 1.82) is 0 Å². The minimum Gasteiger partial charge on any atom is -0.457 e. The quantitative estimate of drug-likeness (QED) is 0.211. The van der Waals surface area contributed by atoms with Crippen LogP contribution in [0.3, 0.4) is 0 Å². The van der Waals surface area contributed by atoms with Gasteiger partial charge in [-0.15, -0.1) is 0 Å². The highest BCUT2D eigenvalue weighted by Crippen LogP contribution is 2.30. The molecule has 0 amide bonds. The lowest BCUT2D eigenvalue weighted by molar-refractivity contribution is 0.483. The highest BCUT2D eigenvalue weighted by molar-refractivity contribution is 7.93. The maximum Gasteiger partial charge on any atom is 0.263 e. The lowest BCUT2D eigenvalue weighted by atomic mass is 10.3. The van der Waals surface area contributed by atoms with Crippen LogP contribution in [-0.4, -0.2) is 16.8 Å². The van der Waals surface area contributed by atoms with Gasteiger partial charge in [0.05, 0.1) is 10.0 Å². The first kappa shape index (κ1) is 27.4. The van der Waals surface area contributed by atoms with Crippen LogP contribution in [-0.2, 0) is 20.0 Å². The van der Waals surface area contributed by atoms with Gasteiger partial charge in [-0.2, -0.15) is 0 Å². The maximum absolute atomic E-state index is 12.7. The first-order valence-electron chi connectivity index (χ1n) is 10.3. The molecule has 0 aliphatic carbocycles.